The molecule has 6 N–H and O–H groups in total. The number of aryl methyl sites for hydroxylation is 2. The molecule has 0 bridgehead atoms. The first kappa shape index (κ1) is 33.3. The second kappa shape index (κ2) is 15.9. The van der Waals surface area contributed by atoms with E-state index in [9.17, 15) is 14.7 Å². The topological polar surface area (TPSA) is 186 Å². The maximum absolute atomic E-state index is 10.7. The van der Waals surface area contributed by atoms with Gasteiger partial charge in [-0.1, -0.05) is 41.6 Å². The molecule has 13 heteroatoms. The number of thiophene rings is 1. The van der Waals surface area contributed by atoms with Gasteiger partial charge in [-0.3, -0.25) is 9.59 Å². The van der Waals surface area contributed by atoms with Crippen molar-refractivity contribution in [1.29, 1.82) is 0 Å². The predicted molar refractivity (Wildman–Crippen MR) is 171 cm³/mol. The third kappa shape index (κ3) is 10.2. The maximum atomic E-state index is 10.7. The number of fused-ring (bicyclic) bond motifs is 1. The van der Waals surface area contributed by atoms with Crippen LogP contribution in [-0.4, -0.2) is 77.7 Å². The molecule has 12 nitrogen and oxygen atoms in total. The van der Waals surface area contributed by atoms with Crippen molar-refractivity contribution >= 4 is 34.2 Å². The highest BCUT2D eigenvalue weighted by Crippen LogP contribution is 2.33. The lowest BCUT2D eigenvalue weighted by atomic mass is 9.93. The Kier molecular flexibility index (Phi) is 11.8. The van der Waals surface area contributed by atoms with Gasteiger partial charge in [0.05, 0.1) is 12.8 Å². The lowest BCUT2D eigenvalue weighted by Gasteiger charge is -2.28. The minimum Gasteiger partial charge on any atom is -0.490 e. The number of carboxylic acids is 2. The van der Waals surface area contributed by atoms with Crippen molar-refractivity contribution in [3.8, 4) is 16.2 Å². The van der Waals surface area contributed by atoms with Crippen molar-refractivity contribution in [1.82, 2.24) is 30.9 Å². The smallest absolute Gasteiger partial charge is 0.303 e. The van der Waals surface area contributed by atoms with Gasteiger partial charge in [-0.05, 0) is 61.4 Å². The van der Waals surface area contributed by atoms with E-state index in [-0.39, 0.29) is 25.0 Å². The van der Waals surface area contributed by atoms with Gasteiger partial charge in [-0.15, -0.1) is 21.5 Å². The Morgan fingerprint density at radius 2 is 1.78 bits per heavy atom. The number of aromatic amines is 2. The highest BCUT2D eigenvalue weighted by molar-refractivity contribution is 7.13. The van der Waals surface area contributed by atoms with E-state index in [4.69, 9.17) is 14.9 Å². The minimum absolute atomic E-state index is 0.217. The summed E-state index contributed by atoms with van der Waals surface area (Å²) in [6.45, 7) is 4.98. The summed E-state index contributed by atoms with van der Waals surface area (Å²) >= 11 is 1.68. The number of carboxylic acid groups (broad SMARTS) is 2. The van der Waals surface area contributed by atoms with Gasteiger partial charge in [0.1, 0.15) is 18.5 Å². The van der Waals surface area contributed by atoms with Gasteiger partial charge >= 0.3 is 11.9 Å². The van der Waals surface area contributed by atoms with Crippen molar-refractivity contribution < 1.29 is 29.6 Å². The Balaban J connectivity index is 0.000000510. The number of rotatable bonds is 15. The Labute approximate surface area is 264 Å². The second-order valence-electron chi connectivity index (χ2n) is 11.1. The molecular formula is C32H38N6O6S. The molecule has 0 fully saturated rings. The summed E-state index contributed by atoms with van der Waals surface area (Å²) in [4.78, 5) is 23.9. The Morgan fingerprint density at radius 3 is 2.47 bits per heavy atom. The van der Waals surface area contributed by atoms with E-state index < -0.39 is 18.0 Å². The predicted octanol–water partition coefficient (Wildman–Crippen LogP) is 4.48. The van der Waals surface area contributed by atoms with Crippen molar-refractivity contribution in [2.75, 3.05) is 13.2 Å². The summed E-state index contributed by atoms with van der Waals surface area (Å²) in [5.41, 5.74) is 4.45. The fourth-order valence-electron chi connectivity index (χ4n) is 4.78. The number of aliphatic hydroxyl groups excluding tert-OH is 1. The van der Waals surface area contributed by atoms with E-state index in [2.05, 4.69) is 80.6 Å². The van der Waals surface area contributed by atoms with Crippen LogP contribution >= 0.6 is 11.3 Å². The molecule has 0 aliphatic carbocycles. The molecule has 0 saturated heterocycles. The zero-order chi connectivity index (χ0) is 32.2. The van der Waals surface area contributed by atoms with Gasteiger partial charge in [0, 0.05) is 46.0 Å². The van der Waals surface area contributed by atoms with E-state index in [1.165, 1.54) is 16.5 Å². The van der Waals surface area contributed by atoms with Gasteiger partial charge in [-0.2, -0.15) is 5.21 Å². The van der Waals surface area contributed by atoms with E-state index >= 15 is 0 Å². The Morgan fingerprint density at radius 1 is 1.00 bits per heavy atom. The van der Waals surface area contributed by atoms with Crippen LogP contribution in [0.3, 0.4) is 0 Å². The number of carbonyl (C=O) groups is 2. The maximum Gasteiger partial charge on any atom is 0.303 e. The fourth-order valence-corrected chi connectivity index (χ4v) is 5.54. The monoisotopic (exact) mass is 634 g/mol. The molecule has 0 spiro atoms. The first-order chi connectivity index (χ1) is 21.6. The zero-order valence-electron chi connectivity index (χ0n) is 25.2. The number of hydrogen-bond donors (Lipinski definition) is 6. The molecule has 0 unspecified atom stereocenters. The number of benzene rings is 2. The summed E-state index contributed by atoms with van der Waals surface area (Å²) < 4.78 is 6.01. The SMILES string of the molecule is CC(C)(Cc1c[nH]c2c(CCc3nn[nH]n3)cccc12)NC[C@H](O)COc1ccccc1-c1cccs1.O=C(O)CCC(=O)O. The summed E-state index contributed by atoms with van der Waals surface area (Å²) in [6.07, 6.45) is 3.25. The summed E-state index contributed by atoms with van der Waals surface area (Å²) in [6, 6.07) is 18.5. The molecule has 1 atom stereocenters. The van der Waals surface area contributed by atoms with Crippen LogP contribution in [0.15, 0.2) is 66.2 Å². The van der Waals surface area contributed by atoms with Crippen molar-refractivity contribution in [2.24, 2.45) is 0 Å². The zero-order valence-corrected chi connectivity index (χ0v) is 26.0. The highest BCUT2D eigenvalue weighted by Gasteiger charge is 2.22. The van der Waals surface area contributed by atoms with E-state index in [0.717, 1.165) is 41.0 Å². The third-order valence-corrected chi connectivity index (χ3v) is 7.90. The number of aliphatic hydroxyl groups is 1. The molecule has 2 aromatic carbocycles. The van der Waals surface area contributed by atoms with Crippen LogP contribution in [0.5, 0.6) is 5.75 Å². The number of hydrogen-bond acceptors (Lipinski definition) is 9. The quantitative estimate of drug-likeness (QED) is 0.0959. The first-order valence-electron chi connectivity index (χ1n) is 14.5. The van der Waals surface area contributed by atoms with E-state index in [0.29, 0.717) is 12.4 Å². The van der Waals surface area contributed by atoms with Crippen molar-refractivity contribution in [2.45, 2.75) is 57.6 Å². The van der Waals surface area contributed by atoms with Crippen LogP contribution < -0.4 is 10.1 Å². The van der Waals surface area contributed by atoms with Gasteiger partial charge in [0.25, 0.3) is 0 Å². The lowest BCUT2D eigenvalue weighted by Crippen LogP contribution is -2.46. The summed E-state index contributed by atoms with van der Waals surface area (Å²) in [7, 11) is 0. The minimum atomic E-state index is -1.08. The lowest BCUT2D eigenvalue weighted by molar-refractivity contribution is -0.143. The number of β-amino-alcohol motifs (C(OH)–C–C–N with tert-alkyl or cyclic N) is 1. The van der Waals surface area contributed by atoms with Crippen molar-refractivity contribution in [3.05, 3.63) is 83.1 Å². The third-order valence-electron chi connectivity index (χ3n) is 7.00. The number of aliphatic carboxylic acids is 2. The van der Waals surface area contributed by atoms with Crippen LogP contribution in [0, 0.1) is 0 Å². The molecule has 3 heterocycles. The van der Waals surface area contributed by atoms with E-state index in [1.54, 1.807) is 11.3 Å². The van der Waals surface area contributed by atoms with Gasteiger partial charge in [-0.25, -0.2) is 0 Å². The van der Waals surface area contributed by atoms with Crippen LogP contribution in [0.4, 0.5) is 0 Å². The normalized spacial score (nSPS) is 12.0. The molecule has 45 heavy (non-hydrogen) atoms. The standard InChI is InChI=1S/C28H32N6O2S.C4H6O4/c1-28(2,30-17-21(35)18-36-24-10-4-3-8-23(24)25-11-6-14-37-25)15-20-16-29-27-19(7-5-9-22(20)27)12-13-26-31-33-34-32-26;5-3(6)1-2-4(7)8/h3-11,14,16,21,29-30,35H,12-13,15,17-18H2,1-2H3,(H,31,32,33,34);1-2H2,(H,5,6)(H,7,8)/t21-;/m0./s1. The molecule has 0 saturated carbocycles. The number of para-hydroxylation sites is 2. The molecule has 3 aromatic heterocycles. The molecular weight excluding hydrogens is 596 g/mol. The summed E-state index contributed by atoms with van der Waals surface area (Å²) in [5.74, 6) is -0.649. The van der Waals surface area contributed by atoms with Crippen molar-refractivity contribution in [3.63, 3.8) is 0 Å². The first-order valence-corrected chi connectivity index (χ1v) is 15.4. The Hall–Kier alpha value is -4.59. The van der Waals surface area contributed by atoms with Crippen LogP contribution in [0.25, 0.3) is 21.3 Å². The number of nitrogens with zero attached hydrogens (tertiary/aromatic N) is 3. The average Bonchev–Trinajstić information content (AvgIpc) is 3.81. The molecule has 5 aromatic rings. The van der Waals surface area contributed by atoms with Crippen LogP contribution in [-0.2, 0) is 28.9 Å². The number of ether oxygens (including phenoxy) is 1. The Bertz CT molecular complexity index is 1640. The number of tetrazole rings is 1. The number of aromatic nitrogens is 5. The summed E-state index contributed by atoms with van der Waals surface area (Å²) in [5, 5.41) is 47.5. The van der Waals surface area contributed by atoms with Gasteiger partial charge < -0.3 is 30.4 Å². The fraction of sp³-hybridized carbons (Fsp3) is 0.344. The molecule has 0 amide bonds. The van der Waals surface area contributed by atoms with Crippen LogP contribution in [0.1, 0.15) is 43.6 Å². The second-order valence-corrected chi connectivity index (χ2v) is 12.1. The van der Waals surface area contributed by atoms with Gasteiger partial charge in [0.2, 0.25) is 0 Å². The largest absolute Gasteiger partial charge is 0.490 e. The highest BCUT2D eigenvalue weighted by atomic mass is 32.1. The molecule has 0 aliphatic rings. The average molecular weight is 635 g/mol. The number of nitrogens with one attached hydrogen (secondary N) is 3. The number of H-pyrrole nitrogens is 2. The molecule has 0 aliphatic heterocycles. The van der Waals surface area contributed by atoms with Crippen LogP contribution in [0.2, 0.25) is 0 Å². The van der Waals surface area contributed by atoms with Gasteiger partial charge in [0.15, 0.2) is 5.82 Å². The van der Waals surface area contributed by atoms with E-state index in [1.807, 2.05) is 30.3 Å². The molecule has 0 radical (unpaired) electrons. The molecule has 238 valence electrons. The molecule has 5 rings (SSSR count).